The molecule has 1 heterocycles. The molecule has 2 aliphatic rings. The lowest BCUT2D eigenvalue weighted by Crippen LogP contribution is -2.38. The topological polar surface area (TPSA) is 77.8 Å². The Bertz CT molecular complexity index is 727. The molecule has 1 aliphatic carbocycles. The first-order valence-corrected chi connectivity index (χ1v) is 9.87. The van der Waals surface area contributed by atoms with Crippen LogP contribution < -0.4 is 0 Å². The van der Waals surface area contributed by atoms with E-state index in [4.69, 9.17) is 0 Å². The zero-order chi connectivity index (χ0) is 19.6. The van der Waals surface area contributed by atoms with Crippen LogP contribution in [-0.4, -0.2) is 39.6 Å². The SMILES string of the molecule is CCCC[C@@H](O)C1=C(C)C[C@H]2C(=O)N(Cc3ccccc3)C(=O)[C@H]2[C@H]1CO. The number of carbonyl (C=O) groups excluding carboxylic acids is 2. The van der Waals surface area contributed by atoms with E-state index in [1.165, 1.54) is 4.90 Å². The normalized spacial score (nSPS) is 26.5. The highest BCUT2D eigenvalue weighted by Gasteiger charge is 2.54. The molecule has 3 rings (SSSR count). The average Bonchev–Trinajstić information content (AvgIpc) is 2.90. The number of allylic oxidation sites excluding steroid dienone is 1. The summed E-state index contributed by atoms with van der Waals surface area (Å²) in [6.07, 6.45) is 2.30. The van der Waals surface area contributed by atoms with Gasteiger partial charge in [0, 0.05) is 5.92 Å². The summed E-state index contributed by atoms with van der Waals surface area (Å²) in [5, 5.41) is 20.7. The number of benzene rings is 1. The number of likely N-dealkylation sites (tertiary alicyclic amines) is 1. The van der Waals surface area contributed by atoms with E-state index in [0.717, 1.165) is 29.6 Å². The van der Waals surface area contributed by atoms with Crippen molar-refractivity contribution < 1.29 is 19.8 Å². The van der Waals surface area contributed by atoms with Gasteiger partial charge >= 0.3 is 0 Å². The van der Waals surface area contributed by atoms with Crippen molar-refractivity contribution in [3.05, 3.63) is 47.0 Å². The molecule has 5 heteroatoms. The lowest BCUT2D eigenvalue weighted by Gasteiger charge is -2.35. The highest BCUT2D eigenvalue weighted by atomic mass is 16.3. The molecule has 1 aliphatic heterocycles. The molecule has 0 unspecified atom stereocenters. The number of hydrogen-bond donors (Lipinski definition) is 2. The maximum Gasteiger partial charge on any atom is 0.234 e. The molecule has 1 aromatic rings. The molecule has 27 heavy (non-hydrogen) atoms. The van der Waals surface area contributed by atoms with Gasteiger partial charge in [-0.1, -0.05) is 55.7 Å². The van der Waals surface area contributed by atoms with Crippen LogP contribution in [0, 0.1) is 17.8 Å². The fourth-order valence-corrected chi connectivity index (χ4v) is 4.66. The van der Waals surface area contributed by atoms with E-state index in [1.54, 1.807) is 0 Å². The Balaban J connectivity index is 1.87. The Hall–Kier alpha value is -1.98. The van der Waals surface area contributed by atoms with Crippen molar-refractivity contribution in [1.29, 1.82) is 0 Å². The largest absolute Gasteiger partial charge is 0.396 e. The lowest BCUT2D eigenvalue weighted by molar-refractivity contribution is -0.140. The third kappa shape index (κ3) is 3.71. The number of rotatable bonds is 7. The Morgan fingerprint density at radius 3 is 2.52 bits per heavy atom. The van der Waals surface area contributed by atoms with Crippen LogP contribution >= 0.6 is 0 Å². The van der Waals surface area contributed by atoms with Crippen molar-refractivity contribution in [1.82, 2.24) is 4.90 Å². The minimum Gasteiger partial charge on any atom is -0.396 e. The molecule has 2 amide bonds. The van der Waals surface area contributed by atoms with Crippen LogP contribution in [0.3, 0.4) is 0 Å². The van der Waals surface area contributed by atoms with Gasteiger partial charge < -0.3 is 10.2 Å². The number of hydrogen-bond acceptors (Lipinski definition) is 4. The zero-order valence-electron chi connectivity index (χ0n) is 16.1. The van der Waals surface area contributed by atoms with Crippen molar-refractivity contribution in [2.75, 3.05) is 6.61 Å². The van der Waals surface area contributed by atoms with Crippen LogP contribution in [0.4, 0.5) is 0 Å². The molecule has 1 fully saturated rings. The highest BCUT2D eigenvalue weighted by Crippen LogP contribution is 2.46. The molecular formula is C22H29NO4. The van der Waals surface area contributed by atoms with Crippen LogP contribution in [0.2, 0.25) is 0 Å². The summed E-state index contributed by atoms with van der Waals surface area (Å²) in [4.78, 5) is 27.4. The van der Waals surface area contributed by atoms with Crippen LogP contribution in [0.5, 0.6) is 0 Å². The Morgan fingerprint density at radius 2 is 1.89 bits per heavy atom. The number of carbonyl (C=O) groups is 2. The number of aliphatic hydroxyl groups is 2. The van der Waals surface area contributed by atoms with Gasteiger partial charge in [0.2, 0.25) is 11.8 Å². The maximum absolute atomic E-state index is 13.1. The summed E-state index contributed by atoms with van der Waals surface area (Å²) in [5.74, 6) is -1.86. The first-order chi connectivity index (χ1) is 13.0. The number of imide groups is 1. The lowest BCUT2D eigenvalue weighted by atomic mass is 9.68. The van der Waals surface area contributed by atoms with Gasteiger partial charge in [0.05, 0.1) is 31.1 Å². The fraction of sp³-hybridized carbons (Fsp3) is 0.545. The molecule has 146 valence electrons. The van der Waals surface area contributed by atoms with Crippen molar-refractivity contribution in [3.8, 4) is 0 Å². The van der Waals surface area contributed by atoms with Crippen LogP contribution in [0.15, 0.2) is 41.5 Å². The van der Waals surface area contributed by atoms with Crippen molar-refractivity contribution in [3.63, 3.8) is 0 Å². The van der Waals surface area contributed by atoms with E-state index in [0.29, 0.717) is 12.8 Å². The first-order valence-electron chi connectivity index (χ1n) is 9.87. The molecule has 4 atom stereocenters. The number of unbranched alkanes of at least 4 members (excludes halogenated alkanes) is 1. The van der Waals surface area contributed by atoms with Crippen molar-refractivity contribution in [2.45, 2.75) is 52.2 Å². The van der Waals surface area contributed by atoms with Gasteiger partial charge in [0.15, 0.2) is 0 Å². The molecule has 0 spiro atoms. The van der Waals surface area contributed by atoms with Gasteiger partial charge in [-0.25, -0.2) is 0 Å². The van der Waals surface area contributed by atoms with E-state index < -0.39 is 23.9 Å². The van der Waals surface area contributed by atoms with Gasteiger partial charge in [-0.15, -0.1) is 0 Å². The molecule has 0 bridgehead atoms. The summed E-state index contributed by atoms with van der Waals surface area (Å²) >= 11 is 0. The second-order valence-corrected chi connectivity index (χ2v) is 7.77. The third-order valence-electron chi connectivity index (χ3n) is 5.99. The number of aliphatic hydroxyl groups excluding tert-OH is 2. The summed E-state index contributed by atoms with van der Waals surface area (Å²) in [6.45, 7) is 4.02. The minimum absolute atomic E-state index is 0.159. The van der Waals surface area contributed by atoms with Crippen LogP contribution in [0.1, 0.15) is 45.1 Å². The second-order valence-electron chi connectivity index (χ2n) is 7.77. The quantitative estimate of drug-likeness (QED) is 0.571. The predicted octanol–water partition coefficient (Wildman–Crippen LogP) is 2.67. The summed E-state index contributed by atoms with van der Waals surface area (Å²) in [7, 11) is 0. The van der Waals surface area contributed by atoms with E-state index in [9.17, 15) is 19.8 Å². The summed E-state index contributed by atoms with van der Waals surface area (Å²) in [6, 6.07) is 9.47. The molecular weight excluding hydrogens is 342 g/mol. The standard InChI is InChI=1S/C22H29NO4/c1-3-4-10-18(25)19-14(2)11-16-20(17(19)13-24)22(27)23(21(16)26)12-15-8-6-5-7-9-15/h5-9,16-18,20,24-25H,3-4,10-13H2,1-2H3/t16-,17+,18-,20-/m1/s1. The van der Waals surface area contributed by atoms with Crippen molar-refractivity contribution in [2.24, 2.45) is 17.8 Å². The van der Waals surface area contributed by atoms with Crippen LogP contribution in [0.25, 0.3) is 0 Å². The Labute approximate surface area is 160 Å². The number of fused-ring (bicyclic) bond motifs is 1. The smallest absolute Gasteiger partial charge is 0.234 e. The first kappa shape index (κ1) is 19.8. The minimum atomic E-state index is -0.658. The molecule has 2 N–H and O–H groups in total. The summed E-state index contributed by atoms with van der Waals surface area (Å²) in [5.41, 5.74) is 2.63. The van der Waals surface area contributed by atoms with Crippen LogP contribution in [-0.2, 0) is 16.1 Å². The number of nitrogens with zero attached hydrogens (tertiary/aromatic N) is 1. The van der Waals surface area contributed by atoms with E-state index >= 15 is 0 Å². The third-order valence-corrected chi connectivity index (χ3v) is 5.99. The maximum atomic E-state index is 13.1. The van der Waals surface area contributed by atoms with Crippen molar-refractivity contribution >= 4 is 11.8 Å². The average molecular weight is 371 g/mol. The molecule has 5 nitrogen and oxygen atoms in total. The molecule has 1 aromatic carbocycles. The van der Waals surface area contributed by atoms with E-state index in [1.807, 2.05) is 37.3 Å². The second kappa shape index (κ2) is 8.36. The fourth-order valence-electron chi connectivity index (χ4n) is 4.66. The van der Waals surface area contributed by atoms with E-state index in [-0.39, 0.29) is 25.0 Å². The molecule has 1 saturated heterocycles. The van der Waals surface area contributed by atoms with Gasteiger partial charge in [-0.3, -0.25) is 14.5 Å². The van der Waals surface area contributed by atoms with Gasteiger partial charge in [-0.05, 0) is 30.9 Å². The van der Waals surface area contributed by atoms with Gasteiger partial charge in [0.25, 0.3) is 0 Å². The van der Waals surface area contributed by atoms with E-state index in [2.05, 4.69) is 6.92 Å². The predicted molar refractivity (Wildman–Crippen MR) is 102 cm³/mol. The Morgan fingerprint density at radius 1 is 1.19 bits per heavy atom. The Kier molecular flexibility index (Phi) is 6.12. The van der Waals surface area contributed by atoms with Gasteiger partial charge in [-0.2, -0.15) is 0 Å². The molecule has 0 saturated carbocycles. The monoisotopic (exact) mass is 371 g/mol. The summed E-state index contributed by atoms with van der Waals surface area (Å²) < 4.78 is 0. The molecule has 0 radical (unpaired) electrons. The highest BCUT2D eigenvalue weighted by molar-refractivity contribution is 6.05. The van der Waals surface area contributed by atoms with Gasteiger partial charge in [0.1, 0.15) is 0 Å². The zero-order valence-corrected chi connectivity index (χ0v) is 16.1. The number of amides is 2. The molecule has 0 aromatic heterocycles.